The highest BCUT2D eigenvalue weighted by Gasteiger charge is 2.11. The number of imidazole rings is 1. The molecule has 0 saturated heterocycles. The minimum absolute atomic E-state index is 0.163. The molecule has 102 valence electrons. The summed E-state index contributed by atoms with van der Waals surface area (Å²) in [7, 11) is 1.59. The van der Waals surface area contributed by atoms with Gasteiger partial charge in [-0.25, -0.2) is 10.8 Å². The summed E-state index contributed by atoms with van der Waals surface area (Å²) in [6.45, 7) is 2.28. The number of nitrogen functional groups attached to an aromatic ring is 1. The Kier molecular flexibility index (Phi) is 4.21. The fraction of sp³-hybridized carbons (Fsp3) is 0.400. The summed E-state index contributed by atoms with van der Waals surface area (Å²) in [5.74, 6) is 5.89. The van der Waals surface area contributed by atoms with Crippen molar-refractivity contribution in [3.05, 3.63) is 18.7 Å². The summed E-state index contributed by atoms with van der Waals surface area (Å²) in [4.78, 5) is 16.2. The summed E-state index contributed by atoms with van der Waals surface area (Å²) in [5, 5.41) is 0. The van der Waals surface area contributed by atoms with E-state index >= 15 is 0 Å². The van der Waals surface area contributed by atoms with Gasteiger partial charge in [0.25, 0.3) is 0 Å². The number of hydrogen-bond acceptors (Lipinski definition) is 8. The van der Waals surface area contributed by atoms with E-state index in [2.05, 4.69) is 25.4 Å². The number of nitrogens with one attached hydrogen (secondary N) is 1. The third-order valence-electron chi connectivity index (χ3n) is 2.18. The highest BCUT2D eigenvalue weighted by molar-refractivity contribution is 5.28. The van der Waals surface area contributed by atoms with Gasteiger partial charge in [-0.05, 0) is 6.92 Å². The maximum absolute atomic E-state index is 5.52. The first kappa shape index (κ1) is 13.2. The van der Waals surface area contributed by atoms with E-state index in [1.54, 1.807) is 30.4 Å². The molecule has 0 spiro atoms. The van der Waals surface area contributed by atoms with Crippen LogP contribution in [0.4, 0.5) is 5.95 Å². The molecule has 19 heavy (non-hydrogen) atoms. The predicted molar refractivity (Wildman–Crippen MR) is 66.7 cm³/mol. The van der Waals surface area contributed by atoms with Gasteiger partial charge in [0.15, 0.2) is 0 Å². The zero-order valence-electron chi connectivity index (χ0n) is 10.6. The molecule has 0 aliphatic rings. The van der Waals surface area contributed by atoms with Gasteiger partial charge < -0.3 is 9.47 Å². The first-order chi connectivity index (χ1) is 9.22. The van der Waals surface area contributed by atoms with Crippen LogP contribution in [0.1, 0.15) is 6.92 Å². The number of rotatable bonds is 6. The topological polar surface area (TPSA) is 113 Å². The largest absolute Gasteiger partial charge is 0.458 e. The van der Waals surface area contributed by atoms with Crippen molar-refractivity contribution in [3.8, 4) is 12.0 Å². The Morgan fingerprint density at radius 3 is 2.89 bits per heavy atom. The van der Waals surface area contributed by atoms with Gasteiger partial charge in [0.05, 0.1) is 6.61 Å². The SMILES string of the molecule is COCC(C)Oc1nc(NN)nc(-n2ccnc2)n1. The molecular weight excluding hydrogens is 250 g/mol. The molecule has 0 aromatic carbocycles. The number of ether oxygens (including phenoxy) is 2. The second kappa shape index (κ2) is 6.07. The van der Waals surface area contributed by atoms with E-state index in [0.29, 0.717) is 12.6 Å². The average Bonchev–Trinajstić information content (AvgIpc) is 2.92. The zero-order chi connectivity index (χ0) is 13.7. The predicted octanol–water partition coefficient (Wildman–Crippen LogP) is -0.243. The van der Waals surface area contributed by atoms with Crippen LogP contribution in [-0.4, -0.2) is 44.3 Å². The van der Waals surface area contributed by atoms with Crippen molar-refractivity contribution in [1.82, 2.24) is 24.5 Å². The standard InChI is InChI=1S/C10H15N7O2/c1-7(5-18-2)19-10-14-8(16-11)13-9(15-10)17-4-3-12-6-17/h3-4,6-7H,5,11H2,1-2H3,(H,13,14,15,16). The van der Waals surface area contributed by atoms with Crippen molar-refractivity contribution in [3.63, 3.8) is 0 Å². The van der Waals surface area contributed by atoms with Crippen LogP contribution in [0.5, 0.6) is 6.01 Å². The zero-order valence-corrected chi connectivity index (χ0v) is 10.6. The number of nitrogens with zero attached hydrogens (tertiary/aromatic N) is 5. The van der Waals surface area contributed by atoms with Gasteiger partial charge in [-0.2, -0.15) is 15.0 Å². The van der Waals surface area contributed by atoms with Crippen molar-refractivity contribution < 1.29 is 9.47 Å². The van der Waals surface area contributed by atoms with Crippen LogP contribution in [0.3, 0.4) is 0 Å². The van der Waals surface area contributed by atoms with E-state index in [1.807, 2.05) is 6.92 Å². The first-order valence-corrected chi connectivity index (χ1v) is 5.59. The molecule has 0 amide bonds. The second-order valence-corrected chi connectivity index (χ2v) is 3.74. The Hall–Kier alpha value is -2.26. The molecule has 3 N–H and O–H groups in total. The fourth-order valence-corrected chi connectivity index (χ4v) is 1.40. The molecule has 0 aliphatic carbocycles. The summed E-state index contributed by atoms with van der Waals surface area (Å²) >= 11 is 0. The van der Waals surface area contributed by atoms with E-state index in [9.17, 15) is 0 Å². The molecule has 0 aliphatic heterocycles. The van der Waals surface area contributed by atoms with Crippen LogP contribution >= 0.6 is 0 Å². The van der Waals surface area contributed by atoms with Gasteiger partial charge >= 0.3 is 6.01 Å². The summed E-state index contributed by atoms with van der Waals surface area (Å²) < 4.78 is 12.1. The average molecular weight is 265 g/mol. The highest BCUT2D eigenvalue weighted by Crippen LogP contribution is 2.11. The number of hydrogen-bond donors (Lipinski definition) is 2. The lowest BCUT2D eigenvalue weighted by atomic mass is 10.4. The van der Waals surface area contributed by atoms with Gasteiger partial charge in [0, 0.05) is 19.5 Å². The Bertz CT molecular complexity index is 517. The molecule has 1 atom stereocenters. The molecule has 0 saturated carbocycles. The van der Waals surface area contributed by atoms with E-state index < -0.39 is 0 Å². The Labute approximate surface area is 109 Å². The van der Waals surface area contributed by atoms with Crippen molar-refractivity contribution in [2.24, 2.45) is 5.84 Å². The minimum Gasteiger partial charge on any atom is -0.458 e. The fourth-order valence-electron chi connectivity index (χ4n) is 1.40. The summed E-state index contributed by atoms with van der Waals surface area (Å²) in [5.41, 5.74) is 2.37. The molecule has 2 heterocycles. The van der Waals surface area contributed by atoms with Crippen molar-refractivity contribution in [2.45, 2.75) is 13.0 Å². The van der Waals surface area contributed by atoms with Crippen molar-refractivity contribution in [2.75, 3.05) is 19.1 Å². The smallest absolute Gasteiger partial charge is 0.323 e. The van der Waals surface area contributed by atoms with Crippen molar-refractivity contribution in [1.29, 1.82) is 0 Å². The lowest BCUT2D eigenvalue weighted by molar-refractivity contribution is 0.0854. The Morgan fingerprint density at radius 1 is 1.42 bits per heavy atom. The van der Waals surface area contributed by atoms with Crippen LogP contribution < -0.4 is 16.0 Å². The number of hydrazine groups is 1. The maximum Gasteiger partial charge on any atom is 0.323 e. The summed E-state index contributed by atoms with van der Waals surface area (Å²) in [6, 6.07) is 0.163. The number of methoxy groups -OCH3 is 1. The molecular formula is C10H15N7O2. The third kappa shape index (κ3) is 3.36. The van der Waals surface area contributed by atoms with E-state index in [4.69, 9.17) is 15.3 Å². The van der Waals surface area contributed by atoms with Crippen molar-refractivity contribution >= 4 is 5.95 Å². The van der Waals surface area contributed by atoms with Gasteiger partial charge in [0.1, 0.15) is 12.4 Å². The quantitative estimate of drug-likeness (QED) is 0.543. The second-order valence-electron chi connectivity index (χ2n) is 3.74. The molecule has 2 rings (SSSR count). The molecule has 2 aromatic rings. The molecule has 0 radical (unpaired) electrons. The number of nitrogens with two attached hydrogens (primary N) is 1. The lowest BCUT2D eigenvalue weighted by Crippen LogP contribution is -2.21. The first-order valence-electron chi connectivity index (χ1n) is 5.59. The minimum atomic E-state index is -0.186. The molecule has 2 aromatic heterocycles. The van der Waals surface area contributed by atoms with Crippen LogP contribution in [0.2, 0.25) is 0 Å². The van der Waals surface area contributed by atoms with E-state index in [0.717, 1.165) is 0 Å². The Morgan fingerprint density at radius 2 is 2.26 bits per heavy atom. The van der Waals surface area contributed by atoms with Gasteiger partial charge in [-0.3, -0.25) is 9.99 Å². The molecule has 9 nitrogen and oxygen atoms in total. The van der Waals surface area contributed by atoms with Crippen LogP contribution in [0.25, 0.3) is 5.95 Å². The van der Waals surface area contributed by atoms with Crippen LogP contribution in [0, 0.1) is 0 Å². The number of aromatic nitrogens is 5. The van der Waals surface area contributed by atoms with Gasteiger partial charge in [-0.1, -0.05) is 0 Å². The maximum atomic E-state index is 5.52. The summed E-state index contributed by atoms with van der Waals surface area (Å²) in [6.07, 6.45) is 4.71. The normalized spacial score (nSPS) is 12.2. The Balaban J connectivity index is 2.26. The van der Waals surface area contributed by atoms with E-state index in [1.165, 1.54) is 0 Å². The van der Waals surface area contributed by atoms with Crippen LogP contribution in [-0.2, 0) is 4.74 Å². The molecule has 0 fully saturated rings. The molecule has 0 bridgehead atoms. The number of anilines is 1. The third-order valence-corrected chi connectivity index (χ3v) is 2.18. The molecule has 1 unspecified atom stereocenters. The monoisotopic (exact) mass is 265 g/mol. The van der Waals surface area contributed by atoms with E-state index in [-0.39, 0.29) is 18.1 Å². The van der Waals surface area contributed by atoms with Gasteiger partial charge in [-0.15, -0.1) is 0 Å². The van der Waals surface area contributed by atoms with Gasteiger partial charge in [0.2, 0.25) is 11.9 Å². The highest BCUT2D eigenvalue weighted by atomic mass is 16.5. The lowest BCUT2D eigenvalue weighted by Gasteiger charge is -2.13. The van der Waals surface area contributed by atoms with Crippen LogP contribution in [0.15, 0.2) is 18.7 Å². The molecule has 9 heteroatoms.